The van der Waals surface area contributed by atoms with Crippen LogP contribution in [0.1, 0.15) is 5.56 Å². The van der Waals surface area contributed by atoms with E-state index in [1.54, 1.807) is 24.3 Å². The number of rotatable bonds is 9. The molecule has 3 amide bonds. The molecule has 0 aromatic heterocycles. The molecule has 174 valence electrons. The molecule has 0 radical (unpaired) electrons. The highest BCUT2D eigenvalue weighted by atomic mass is 79.9. The molecule has 0 heterocycles. The standard InChI is InChI=1S/C21H19BrCl2N4O5/c1-3-6-25-20(30)21(31)28-26-10-12-7-14(22)19(17(8-12)32-2)33-11-18(29)27-13-4-5-15(23)16(24)9-13/h3-5,7-10H,1,6,11H2,2H3,(H,25,30)(H,27,29)(H,28,31)/b26-10-. The number of ether oxygens (including phenoxy) is 2. The van der Waals surface area contributed by atoms with Crippen molar-refractivity contribution < 1.29 is 23.9 Å². The zero-order valence-corrected chi connectivity index (χ0v) is 20.4. The van der Waals surface area contributed by atoms with Crippen LogP contribution in [0.25, 0.3) is 0 Å². The van der Waals surface area contributed by atoms with Crippen molar-refractivity contribution >= 4 is 68.8 Å². The van der Waals surface area contributed by atoms with E-state index in [9.17, 15) is 14.4 Å². The predicted molar refractivity (Wildman–Crippen MR) is 130 cm³/mol. The van der Waals surface area contributed by atoms with Crippen molar-refractivity contribution in [1.82, 2.24) is 10.7 Å². The van der Waals surface area contributed by atoms with E-state index in [1.165, 1.54) is 25.5 Å². The first kappa shape index (κ1) is 26.2. The number of hydrogen-bond acceptors (Lipinski definition) is 6. The number of methoxy groups -OCH3 is 1. The Morgan fingerprint density at radius 1 is 1.15 bits per heavy atom. The van der Waals surface area contributed by atoms with Crippen molar-refractivity contribution in [3.05, 3.63) is 63.1 Å². The molecule has 0 saturated carbocycles. The molecular weight excluding hydrogens is 539 g/mol. The van der Waals surface area contributed by atoms with Crippen LogP contribution in [-0.4, -0.2) is 44.2 Å². The molecule has 12 heteroatoms. The van der Waals surface area contributed by atoms with Gasteiger partial charge < -0.3 is 20.1 Å². The summed E-state index contributed by atoms with van der Waals surface area (Å²) in [7, 11) is 1.43. The van der Waals surface area contributed by atoms with Gasteiger partial charge in [0.2, 0.25) is 0 Å². The van der Waals surface area contributed by atoms with Crippen molar-refractivity contribution in [2.45, 2.75) is 0 Å². The Labute approximate surface area is 208 Å². The van der Waals surface area contributed by atoms with Gasteiger partial charge >= 0.3 is 11.8 Å². The molecule has 9 nitrogen and oxygen atoms in total. The molecule has 2 rings (SSSR count). The number of benzene rings is 2. The molecule has 2 aromatic carbocycles. The Morgan fingerprint density at radius 2 is 1.91 bits per heavy atom. The molecule has 33 heavy (non-hydrogen) atoms. The van der Waals surface area contributed by atoms with Crippen LogP contribution in [0, 0.1) is 0 Å². The van der Waals surface area contributed by atoms with Crippen LogP contribution in [-0.2, 0) is 14.4 Å². The summed E-state index contributed by atoms with van der Waals surface area (Å²) in [6, 6.07) is 7.90. The molecule has 0 unspecified atom stereocenters. The lowest BCUT2D eigenvalue weighted by atomic mass is 10.2. The highest BCUT2D eigenvalue weighted by molar-refractivity contribution is 9.10. The van der Waals surface area contributed by atoms with Crippen LogP contribution in [0.15, 0.2) is 52.6 Å². The van der Waals surface area contributed by atoms with E-state index in [4.69, 9.17) is 32.7 Å². The van der Waals surface area contributed by atoms with Gasteiger partial charge in [-0.25, -0.2) is 5.43 Å². The third kappa shape index (κ3) is 8.08. The van der Waals surface area contributed by atoms with Gasteiger partial charge in [-0.3, -0.25) is 14.4 Å². The van der Waals surface area contributed by atoms with Crippen LogP contribution >= 0.6 is 39.1 Å². The van der Waals surface area contributed by atoms with Gasteiger partial charge in [0.05, 0.1) is 27.8 Å². The summed E-state index contributed by atoms with van der Waals surface area (Å²) < 4.78 is 11.4. The molecule has 0 aliphatic rings. The van der Waals surface area contributed by atoms with Crippen LogP contribution < -0.4 is 25.5 Å². The van der Waals surface area contributed by atoms with E-state index >= 15 is 0 Å². The number of carbonyl (C=O) groups excluding carboxylic acids is 3. The molecule has 2 aromatic rings. The Bertz CT molecular complexity index is 1090. The summed E-state index contributed by atoms with van der Waals surface area (Å²) in [6.07, 6.45) is 2.76. The average Bonchev–Trinajstić information content (AvgIpc) is 2.78. The summed E-state index contributed by atoms with van der Waals surface area (Å²) in [5, 5.41) is 9.40. The van der Waals surface area contributed by atoms with Crippen LogP contribution in [0.5, 0.6) is 11.5 Å². The van der Waals surface area contributed by atoms with Gasteiger partial charge in [0, 0.05) is 12.2 Å². The van der Waals surface area contributed by atoms with Gasteiger partial charge in [-0.1, -0.05) is 29.3 Å². The third-order valence-corrected chi connectivity index (χ3v) is 5.12. The number of nitrogens with one attached hydrogen (secondary N) is 3. The number of amides is 3. The smallest absolute Gasteiger partial charge is 0.329 e. The van der Waals surface area contributed by atoms with Crippen molar-refractivity contribution in [1.29, 1.82) is 0 Å². The van der Waals surface area contributed by atoms with Gasteiger partial charge in [-0.2, -0.15) is 5.10 Å². The largest absolute Gasteiger partial charge is 0.493 e. The first-order chi connectivity index (χ1) is 15.7. The second kappa shape index (κ2) is 12.8. The van der Waals surface area contributed by atoms with E-state index < -0.39 is 17.7 Å². The number of hydrazone groups is 1. The maximum Gasteiger partial charge on any atom is 0.329 e. The second-order valence-electron chi connectivity index (χ2n) is 6.20. The zero-order valence-electron chi connectivity index (χ0n) is 17.3. The highest BCUT2D eigenvalue weighted by Crippen LogP contribution is 2.36. The Hall–Kier alpha value is -3.08. The average molecular weight is 558 g/mol. The lowest BCUT2D eigenvalue weighted by Gasteiger charge is -2.13. The van der Waals surface area contributed by atoms with E-state index in [2.05, 4.69) is 43.7 Å². The third-order valence-electron chi connectivity index (χ3n) is 3.80. The van der Waals surface area contributed by atoms with Crippen molar-refractivity contribution in [3.8, 4) is 11.5 Å². The van der Waals surface area contributed by atoms with Crippen LogP contribution in [0.4, 0.5) is 5.69 Å². The predicted octanol–water partition coefficient (Wildman–Crippen LogP) is 3.53. The molecule has 0 spiro atoms. The van der Waals surface area contributed by atoms with E-state index in [0.717, 1.165) is 0 Å². The molecule has 0 bridgehead atoms. The van der Waals surface area contributed by atoms with E-state index in [0.29, 0.717) is 31.5 Å². The fourth-order valence-electron chi connectivity index (χ4n) is 2.32. The first-order valence-electron chi connectivity index (χ1n) is 9.22. The number of carbonyl (C=O) groups is 3. The number of hydrogen-bond donors (Lipinski definition) is 3. The minimum atomic E-state index is -0.924. The topological polar surface area (TPSA) is 118 Å². The molecular formula is C21H19BrCl2N4O5. The zero-order chi connectivity index (χ0) is 24.4. The molecule has 0 aliphatic heterocycles. The maximum absolute atomic E-state index is 12.2. The van der Waals surface area contributed by atoms with Crippen molar-refractivity contribution in [2.24, 2.45) is 5.10 Å². The molecule has 3 N–H and O–H groups in total. The van der Waals surface area contributed by atoms with E-state index in [-0.39, 0.29) is 18.9 Å². The quantitative estimate of drug-likeness (QED) is 0.189. The first-order valence-corrected chi connectivity index (χ1v) is 10.8. The Balaban J connectivity index is 2.00. The molecule has 0 fully saturated rings. The fourth-order valence-corrected chi connectivity index (χ4v) is 3.20. The Kier molecular flexibility index (Phi) is 10.2. The summed E-state index contributed by atoms with van der Waals surface area (Å²) in [4.78, 5) is 35.3. The summed E-state index contributed by atoms with van der Waals surface area (Å²) in [5.74, 6) is -1.60. The monoisotopic (exact) mass is 556 g/mol. The van der Waals surface area contributed by atoms with Gasteiger partial charge in [0.25, 0.3) is 5.91 Å². The minimum absolute atomic E-state index is 0.160. The minimum Gasteiger partial charge on any atom is -0.493 e. The lowest BCUT2D eigenvalue weighted by Crippen LogP contribution is -2.37. The highest BCUT2D eigenvalue weighted by Gasteiger charge is 2.14. The normalized spacial score (nSPS) is 10.4. The second-order valence-corrected chi connectivity index (χ2v) is 7.87. The summed E-state index contributed by atoms with van der Waals surface area (Å²) in [5.41, 5.74) is 3.10. The SMILES string of the molecule is C=CCNC(=O)C(=O)N/N=C\c1cc(Br)c(OCC(=O)Nc2ccc(Cl)c(Cl)c2)c(OC)c1. The van der Waals surface area contributed by atoms with Crippen LogP contribution in [0.2, 0.25) is 10.0 Å². The number of halogens is 3. The van der Waals surface area contributed by atoms with E-state index in [1.807, 2.05) is 0 Å². The molecule has 0 atom stereocenters. The fraction of sp³-hybridized carbons (Fsp3) is 0.143. The van der Waals surface area contributed by atoms with Gasteiger partial charge in [-0.05, 0) is 51.8 Å². The van der Waals surface area contributed by atoms with Gasteiger partial charge in [-0.15, -0.1) is 6.58 Å². The van der Waals surface area contributed by atoms with Gasteiger partial charge in [0.1, 0.15) is 0 Å². The van der Waals surface area contributed by atoms with Crippen molar-refractivity contribution in [3.63, 3.8) is 0 Å². The summed E-state index contributed by atoms with van der Waals surface area (Å²) >= 11 is 15.2. The van der Waals surface area contributed by atoms with Crippen LogP contribution in [0.3, 0.4) is 0 Å². The number of nitrogens with zero attached hydrogens (tertiary/aromatic N) is 1. The molecule has 0 saturated heterocycles. The Morgan fingerprint density at radius 3 is 2.58 bits per heavy atom. The lowest BCUT2D eigenvalue weighted by molar-refractivity contribution is -0.139. The summed E-state index contributed by atoms with van der Waals surface area (Å²) in [6.45, 7) is 3.29. The number of anilines is 1. The maximum atomic E-state index is 12.2. The van der Waals surface area contributed by atoms with Gasteiger partial charge in [0.15, 0.2) is 18.1 Å². The van der Waals surface area contributed by atoms with Crippen molar-refractivity contribution in [2.75, 3.05) is 25.6 Å². The molecule has 0 aliphatic carbocycles.